The van der Waals surface area contributed by atoms with Gasteiger partial charge in [-0.3, -0.25) is 14.2 Å². The Balaban J connectivity index is 1.86. The lowest BCUT2D eigenvalue weighted by atomic mass is 10.2. The summed E-state index contributed by atoms with van der Waals surface area (Å²) in [6.45, 7) is 0.292. The molecule has 0 aliphatic carbocycles. The van der Waals surface area contributed by atoms with Gasteiger partial charge in [0.2, 0.25) is 0 Å². The number of hydrogen-bond donors (Lipinski definition) is 1. The van der Waals surface area contributed by atoms with E-state index in [9.17, 15) is 14.9 Å². The highest BCUT2D eigenvalue weighted by Crippen LogP contribution is 2.09. The van der Waals surface area contributed by atoms with Crippen LogP contribution in [0.2, 0.25) is 0 Å². The molecule has 0 aliphatic heterocycles. The molecule has 152 valence electrons. The van der Waals surface area contributed by atoms with Crippen LogP contribution in [0.3, 0.4) is 0 Å². The second-order valence-electron chi connectivity index (χ2n) is 6.56. The molecular weight excluding hydrogens is 426 g/mol. The smallest absolute Gasteiger partial charge is 0.273 e. The van der Waals surface area contributed by atoms with Crippen molar-refractivity contribution in [1.82, 2.24) is 9.88 Å². The molecule has 7 heteroatoms. The number of para-hydroxylation sites is 1. The van der Waals surface area contributed by atoms with Crippen LogP contribution in [-0.2, 0) is 11.3 Å². The zero-order chi connectivity index (χ0) is 21.6. The fourth-order valence-electron chi connectivity index (χ4n) is 3.03. The molecule has 4 aromatic rings. The maximum absolute atomic E-state index is 13.2. The minimum absolute atomic E-state index is 0.0901. The quantitative estimate of drug-likeness (QED) is 0.515. The van der Waals surface area contributed by atoms with Crippen LogP contribution in [-0.4, -0.2) is 10.5 Å². The Morgan fingerprint density at radius 3 is 2.39 bits per heavy atom. The number of thiophene rings is 1. The van der Waals surface area contributed by atoms with Gasteiger partial charge in [-0.05, 0) is 35.2 Å². The number of benzene rings is 2. The van der Waals surface area contributed by atoms with E-state index in [1.807, 2.05) is 72.1 Å². The van der Waals surface area contributed by atoms with Crippen molar-refractivity contribution in [2.24, 2.45) is 0 Å². The Morgan fingerprint density at radius 1 is 1.03 bits per heavy atom. The SMILES string of the molecule is N#C/C(C(=O)NCc1ccccc1)=c1\s/c(=C/c2cccs2)c(=O)n1-c1ccccc1. The van der Waals surface area contributed by atoms with Gasteiger partial charge in [-0.15, -0.1) is 22.7 Å². The Morgan fingerprint density at radius 2 is 1.74 bits per heavy atom. The van der Waals surface area contributed by atoms with Gasteiger partial charge in [-0.1, -0.05) is 54.6 Å². The summed E-state index contributed by atoms with van der Waals surface area (Å²) in [6.07, 6.45) is 1.79. The van der Waals surface area contributed by atoms with Crippen LogP contribution in [0.4, 0.5) is 0 Å². The van der Waals surface area contributed by atoms with E-state index in [-0.39, 0.29) is 11.1 Å². The molecule has 1 N–H and O–H groups in total. The molecule has 2 heterocycles. The zero-order valence-corrected chi connectivity index (χ0v) is 18.0. The van der Waals surface area contributed by atoms with Crippen molar-refractivity contribution in [3.8, 4) is 11.8 Å². The predicted octanol–water partition coefficient (Wildman–Crippen LogP) is 2.78. The Hall–Kier alpha value is -3.73. The van der Waals surface area contributed by atoms with E-state index in [4.69, 9.17) is 0 Å². The summed E-state index contributed by atoms with van der Waals surface area (Å²) in [5.41, 5.74) is 1.18. The number of amides is 1. The predicted molar refractivity (Wildman–Crippen MR) is 124 cm³/mol. The van der Waals surface area contributed by atoms with Crippen LogP contribution in [0.15, 0.2) is 83.0 Å². The van der Waals surface area contributed by atoms with Crippen molar-refractivity contribution in [2.45, 2.75) is 6.54 Å². The van der Waals surface area contributed by atoms with Crippen molar-refractivity contribution >= 4 is 40.2 Å². The first-order chi connectivity index (χ1) is 15.2. The van der Waals surface area contributed by atoms with Gasteiger partial charge in [-0.2, -0.15) is 5.26 Å². The van der Waals surface area contributed by atoms with Crippen LogP contribution in [0.1, 0.15) is 10.4 Å². The molecule has 4 rings (SSSR count). The molecule has 0 unspecified atom stereocenters. The average Bonchev–Trinajstić information content (AvgIpc) is 3.43. The highest BCUT2D eigenvalue weighted by molar-refractivity contribution is 7.11. The van der Waals surface area contributed by atoms with Gasteiger partial charge >= 0.3 is 0 Å². The Kier molecular flexibility index (Phi) is 6.22. The van der Waals surface area contributed by atoms with Crippen LogP contribution < -0.4 is 20.1 Å². The van der Waals surface area contributed by atoms with Crippen molar-refractivity contribution in [2.75, 3.05) is 0 Å². The van der Waals surface area contributed by atoms with Crippen LogP contribution >= 0.6 is 22.7 Å². The van der Waals surface area contributed by atoms with E-state index in [1.165, 1.54) is 15.9 Å². The molecule has 0 radical (unpaired) electrons. The minimum atomic E-state index is -0.514. The lowest BCUT2D eigenvalue weighted by molar-refractivity contribution is -0.115. The van der Waals surface area contributed by atoms with Gasteiger partial charge in [0.1, 0.15) is 10.7 Å². The summed E-state index contributed by atoms with van der Waals surface area (Å²) in [4.78, 5) is 27.0. The van der Waals surface area contributed by atoms with Crippen LogP contribution in [0, 0.1) is 11.3 Å². The molecule has 5 nitrogen and oxygen atoms in total. The van der Waals surface area contributed by atoms with Gasteiger partial charge in [0, 0.05) is 11.4 Å². The van der Waals surface area contributed by atoms with Gasteiger partial charge in [0.25, 0.3) is 11.5 Å². The van der Waals surface area contributed by atoms with E-state index in [2.05, 4.69) is 5.32 Å². The van der Waals surface area contributed by atoms with E-state index < -0.39 is 5.91 Å². The third-order valence-electron chi connectivity index (χ3n) is 4.50. The summed E-state index contributed by atoms with van der Waals surface area (Å²) >= 11 is 2.66. The zero-order valence-electron chi connectivity index (χ0n) is 16.3. The number of carbonyl (C=O) groups is 1. The van der Waals surface area contributed by atoms with Crippen molar-refractivity contribution < 1.29 is 4.79 Å². The molecule has 0 spiro atoms. The molecule has 0 bridgehead atoms. The number of nitrogens with one attached hydrogen (secondary N) is 1. The highest BCUT2D eigenvalue weighted by Gasteiger charge is 2.16. The number of thiazole rings is 1. The fourth-order valence-corrected chi connectivity index (χ4v) is 4.85. The maximum atomic E-state index is 13.2. The topological polar surface area (TPSA) is 74.9 Å². The first-order valence-electron chi connectivity index (χ1n) is 9.46. The molecule has 0 saturated heterocycles. The molecule has 2 aromatic heterocycles. The van der Waals surface area contributed by atoms with Gasteiger partial charge in [0.15, 0.2) is 5.57 Å². The van der Waals surface area contributed by atoms with Gasteiger partial charge < -0.3 is 5.32 Å². The summed E-state index contributed by atoms with van der Waals surface area (Å²) in [6, 6.07) is 24.3. The van der Waals surface area contributed by atoms with E-state index >= 15 is 0 Å². The number of carbonyl (C=O) groups excluding carboxylic acids is 1. The van der Waals surface area contributed by atoms with Crippen molar-refractivity contribution in [3.05, 3.63) is 108 Å². The lowest BCUT2D eigenvalue weighted by Gasteiger charge is -2.06. The standard InChI is InChI=1S/C24H17N3O2S2/c25-15-20(22(28)26-16-17-8-3-1-4-9-17)24-27(18-10-5-2-6-11-18)23(29)21(31-24)14-19-12-7-13-30-19/h1-14H,16H2,(H,26,28)/b21-14+,24-20+. The van der Waals surface area contributed by atoms with Gasteiger partial charge in [-0.25, -0.2) is 0 Å². The Bertz CT molecular complexity index is 1410. The van der Waals surface area contributed by atoms with Crippen LogP contribution in [0.25, 0.3) is 17.3 Å². The molecule has 0 fully saturated rings. The molecule has 0 atom stereocenters. The average molecular weight is 444 g/mol. The van der Waals surface area contributed by atoms with Crippen molar-refractivity contribution in [1.29, 1.82) is 5.26 Å². The monoisotopic (exact) mass is 443 g/mol. The van der Waals surface area contributed by atoms with E-state index in [0.717, 1.165) is 21.8 Å². The molecule has 31 heavy (non-hydrogen) atoms. The van der Waals surface area contributed by atoms with Crippen LogP contribution in [0.5, 0.6) is 0 Å². The summed E-state index contributed by atoms with van der Waals surface area (Å²) in [5.74, 6) is -0.514. The molecule has 2 aromatic carbocycles. The molecule has 1 amide bonds. The normalized spacial score (nSPS) is 12.3. The summed E-state index contributed by atoms with van der Waals surface area (Å²) < 4.78 is 2.21. The second kappa shape index (κ2) is 9.39. The number of nitriles is 1. The minimum Gasteiger partial charge on any atom is -0.347 e. The molecule has 0 saturated carbocycles. The first-order valence-corrected chi connectivity index (χ1v) is 11.2. The van der Waals surface area contributed by atoms with E-state index in [0.29, 0.717) is 21.4 Å². The third kappa shape index (κ3) is 4.56. The number of rotatable bonds is 5. The molecule has 0 aliphatic rings. The maximum Gasteiger partial charge on any atom is 0.273 e. The highest BCUT2D eigenvalue weighted by atomic mass is 32.1. The van der Waals surface area contributed by atoms with Gasteiger partial charge in [0.05, 0.1) is 10.2 Å². The summed E-state index contributed by atoms with van der Waals surface area (Å²) in [7, 11) is 0. The van der Waals surface area contributed by atoms with E-state index in [1.54, 1.807) is 18.2 Å². The van der Waals surface area contributed by atoms with Crippen molar-refractivity contribution in [3.63, 3.8) is 0 Å². The Labute approximate surface area is 186 Å². The number of hydrogen-bond acceptors (Lipinski definition) is 5. The third-order valence-corrected chi connectivity index (χ3v) is 6.41. The number of nitrogens with zero attached hydrogens (tertiary/aromatic N) is 2. The lowest BCUT2D eigenvalue weighted by Crippen LogP contribution is -2.33. The second-order valence-corrected chi connectivity index (χ2v) is 8.57. The first kappa shape index (κ1) is 20.5. The largest absolute Gasteiger partial charge is 0.347 e. The fraction of sp³-hybridized carbons (Fsp3) is 0.0417. The number of aromatic nitrogens is 1. The molecular formula is C24H17N3O2S2. The summed E-state index contributed by atoms with van der Waals surface area (Å²) in [5, 5.41) is 14.5.